The second-order valence-corrected chi connectivity index (χ2v) is 5.66. The number of phenols is 3. The van der Waals surface area contributed by atoms with Gasteiger partial charge in [0.1, 0.15) is 27.1 Å². The van der Waals surface area contributed by atoms with Gasteiger partial charge in [-0.15, -0.1) is 0 Å². The van der Waals surface area contributed by atoms with Gasteiger partial charge in [-0.3, -0.25) is 4.79 Å². The lowest BCUT2D eigenvalue weighted by atomic mass is 9.96. The smallest absolute Gasteiger partial charge is 0.204 e. The maximum atomic E-state index is 12.9. The van der Waals surface area contributed by atoms with Crippen molar-refractivity contribution >= 4 is 29.0 Å². The number of ketones is 1. The van der Waals surface area contributed by atoms with Crippen molar-refractivity contribution in [2.75, 3.05) is 14.2 Å². The predicted octanol–water partition coefficient (Wildman–Crippen LogP) is 3.67. The van der Waals surface area contributed by atoms with Gasteiger partial charge in [-0.2, -0.15) is 0 Å². The van der Waals surface area contributed by atoms with Gasteiger partial charge in [-0.25, -0.2) is 0 Å². The Kier molecular flexibility index (Phi) is 5.01. The molecular weight excluding hydrogens is 359 g/mol. The first-order valence-corrected chi connectivity index (χ1v) is 7.39. The Hall–Kier alpha value is -2.31. The van der Waals surface area contributed by atoms with E-state index >= 15 is 0 Å². The molecule has 0 radical (unpaired) electrons. The summed E-state index contributed by atoms with van der Waals surface area (Å²) in [5, 5.41) is 29.4. The minimum Gasteiger partial charge on any atom is -0.508 e. The first-order chi connectivity index (χ1) is 11.2. The van der Waals surface area contributed by atoms with Gasteiger partial charge in [0, 0.05) is 6.07 Å². The van der Waals surface area contributed by atoms with Gasteiger partial charge in [0.05, 0.1) is 19.8 Å². The van der Waals surface area contributed by atoms with Gasteiger partial charge in [0.25, 0.3) is 0 Å². The largest absolute Gasteiger partial charge is 0.508 e. The van der Waals surface area contributed by atoms with Crippen LogP contribution < -0.4 is 9.47 Å². The Morgan fingerprint density at radius 3 is 1.96 bits per heavy atom. The van der Waals surface area contributed by atoms with Crippen molar-refractivity contribution in [1.29, 1.82) is 0 Å². The van der Waals surface area contributed by atoms with Crippen LogP contribution in [0.1, 0.15) is 21.5 Å². The molecule has 0 aliphatic rings. The fourth-order valence-electron chi connectivity index (χ4n) is 2.35. The van der Waals surface area contributed by atoms with E-state index in [0.29, 0.717) is 5.56 Å². The van der Waals surface area contributed by atoms with E-state index in [1.165, 1.54) is 26.4 Å². The van der Waals surface area contributed by atoms with E-state index in [4.69, 9.17) is 32.7 Å². The van der Waals surface area contributed by atoms with Crippen LogP contribution in [0.2, 0.25) is 10.0 Å². The number of rotatable bonds is 4. The highest BCUT2D eigenvalue weighted by Gasteiger charge is 2.30. The number of hydrogen-bond donors (Lipinski definition) is 3. The van der Waals surface area contributed by atoms with Crippen molar-refractivity contribution in [3.8, 4) is 28.7 Å². The van der Waals surface area contributed by atoms with Crippen LogP contribution in [0.15, 0.2) is 12.1 Å². The molecule has 0 bridgehead atoms. The third-order valence-corrected chi connectivity index (χ3v) is 4.15. The maximum absolute atomic E-state index is 12.9. The van der Waals surface area contributed by atoms with Crippen LogP contribution in [-0.4, -0.2) is 35.3 Å². The highest BCUT2D eigenvalue weighted by molar-refractivity contribution is 6.40. The zero-order chi connectivity index (χ0) is 18.2. The average Bonchev–Trinajstić information content (AvgIpc) is 2.52. The van der Waals surface area contributed by atoms with Gasteiger partial charge >= 0.3 is 0 Å². The summed E-state index contributed by atoms with van der Waals surface area (Å²) < 4.78 is 10.0. The molecule has 0 spiro atoms. The Balaban J connectivity index is 2.77. The SMILES string of the molecule is COc1cc(O)cc(C)c1C(=O)c1c(O)c(Cl)c(OC)c(Cl)c1O. The molecule has 0 amide bonds. The van der Waals surface area contributed by atoms with Crippen molar-refractivity contribution in [2.24, 2.45) is 0 Å². The number of methoxy groups -OCH3 is 2. The van der Waals surface area contributed by atoms with E-state index in [1.807, 2.05) is 0 Å². The van der Waals surface area contributed by atoms with E-state index < -0.39 is 22.8 Å². The molecule has 0 aromatic heterocycles. The molecule has 0 aliphatic carbocycles. The summed E-state index contributed by atoms with van der Waals surface area (Å²) in [5.41, 5.74) is -0.0743. The lowest BCUT2D eigenvalue weighted by Gasteiger charge is -2.16. The van der Waals surface area contributed by atoms with Crippen LogP contribution in [-0.2, 0) is 0 Å². The molecule has 128 valence electrons. The fourth-order valence-corrected chi connectivity index (χ4v) is 2.93. The summed E-state index contributed by atoms with van der Waals surface area (Å²) in [5.74, 6) is -2.30. The summed E-state index contributed by atoms with van der Waals surface area (Å²) in [6.45, 7) is 1.57. The molecule has 3 N–H and O–H groups in total. The van der Waals surface area contributed by atoms with Gasteiger partial charge in [0.15, 0.2) is 17.2 Å². The standard InChI is InChI=1S/C16H14Cl2O6/c1-6-4-7(19)5-8(23-2)9(6)13(20)10-14(21)11(17)16(24-3)12(18)15(10)22/h4-5,19,21-22H,1-3H3. The first kappa shape index (κ1) is 18.0. The normalized spacial score (nSPS) is 10.5. The molecule has 0 saturated carbocycles. The van der Waals surface area contributed by atoms with Crippen molar-refractivity contribution in [3.63, 3.8) is 0 Å². The van der Waals surface area contributed by atoms with E-state index in [0.717, 1.165) is 0 Å². The van der Waals surface area contributed by atoms with E-state index in [2.05, 4.69) is 0 Å². The Bertz CT molecular complexity index is 803. The minimum absolute atomic E-state index is 0.0400. The third kappa shape index (κ3) is 2.79. The zero-order valence-corrected chi connectivity index (χ0v) is 14.5. The Labute approximate surface area is 147 Å². The number of ether oxygens (including phenoxy) is 2. The molecular formula is C16H14Cl2O6. The second-order valence-electron chi connectivity index (χ2n) is 4.90. The van der Waals surface area contributed by atoms with Crippen LogP contribution in [0.4, 0.5) is 0 Å². The molecule has 8 heteroatoms. The quantitative estimate of drug-likeness (QED) is 0.708. The summed E-state index contributed by atoms with van der Waals surface area (Å²) in [6, 6.07) is 2.58. The number of halogens is 2. The number of carbonyl (C=O) groups excluding carboxylic acids is 1. The highest BCUT2D eigenvalue weighted by Crippen LogP contribution is 2.49. The number of carbonyl (C=O) groups is 1. The van der Waals surface area contributed by atoms with Crippen LogP contribution in [0.25, 0.3) is 0 Å². The van der Waals surface area contributed by atoms with E-state index in [1.54, 1.807) is 6.92 Å². The molecule has 6 nitrogen and oxygen atoms in total. The van der Waals surface area contributed by atoms with Crippen molar-refractivity contribution in [2.45, 2.75) is 6.92 Å². The molecule has 2 aromatic rings. The molecule has 0 fully saturated rings. The molecule has 0 heterocycles. The molecule has 0 aliphatic heterocycles. The predicted molar refractivity (Wildman–Crippen MR) is 89.2 cm³/mol. The number of benzene rings is 2. The Morgan fingerprint density at radius 1 is 0.958 bits per heavy atom. The summed E-state index contributed by atoms with van der Waals surface area (Å²) in [7, 11) is 2.57. The fraction of sp³-hybridized carbons (Fsp3) is 0.188. The van der Waals surface area contributed by atoms with Gasteiger partial charge in [-0.05, 0) is 18.6 Å². The van der Waals surface area contributed by atoms with Gasteiger partial charge < -0.3 is 24.8 Å². The minimum atomic E-state index is -0.772. The molecule has 2 aromatic carbocycles. The topological polar surface area (TPSA) is 96.2 Å². The molecule has 0 unspecified atom stereocenters. The van der Waals surface area contributed by atoms with Crippen LogP contribution in [0.3, 0.4) is 0 Å². The summed E-state index contributed by atoms with van der Waals surface area (Å²) >= 11 is 11.9. The van der Waals surface area contributed by atoms with E-state index in [9.17, 15) is 20.1 Å². The van der Waals surface area contributed by atoms with E-state index in [-0.39, 0.29) is 32.9 Å². The average molecular weight is 373 g/mol. The van der Waals surface area contributed by atoms with Crippen molar-refractivity contribution in [3.05, 3.63) is 38.9 Å². The lowest BCUT2D eigenvalue weighted by molar-refractivity contribution is 0.103. The monoisotopic (exact) mass is 372 g/mol. The number of phenolic OH excluding ortho intramolecular Hbond substituents is 3. The number of aromatic hydroxyl groups is 3. The Morgan fingerprint density at radius 2 is 1.50 bits per heavy atom. The number of aryl methyl sites for hydroxylation is 1. The number of hydrogen-bond acceptors (Lipinski definition) is 6. The molecule has 0 atom stereocenters. The van der Waals surface area contributed by atoms with Crippen LogP contribution >= 0.6 is 23.2 Å². The zero-order valence-electron chi connectivity index (χ0n) is 13.0. The highest BCUT2D eigenvalue weighted by atomic mass is 35.5. The lowest BCUT2D eigenvalue weighted by Crippen LogP contribution is -2.08. The van der Waals surface area contributed by atoms with Crippen molar-refractivity contribution in [1.82, 2.24) is 0 Å². The van der Waals surface area contributed by atoms with Crippen molar-refractivity contribution < 1.29 is 29.6 Å². The second kappa shape index (κ2) is 6.67. The molecule has 24 heavy (non-hydrogen) atoms. The van der Waals surface area contributed by atoms with Crippen LogP contribution in [0.5, 0.6) is 28.7 Å². The van der Waals surface area contributed by atoms with Crippen LogP contribution in [0, 0.1) is 6.92 Å². The first-order valence-electron chi connectivity index (χ1n) is 6.63. The summed E-state index contributed by atoms with van der Waals surface area (Å²) in [4.78, 5) is 12.9. The molecule has 2 rings (SSSR count). The maximum Gasteiger partial charge on any atom is 0.204 e. The summed E-state index contributed by atoms with van der Waals surface area (Å²) in [6.07, 6.45) is 0. The third-order valence-electron chi connectivity index (χ3n) is 3.45. The van der Waals surface area contributed by atoms with Gasteiger partial charge in [0.2, 0.25) is 5.78 Å². The van der Waals surface area contributed by atoms with Gasteiger partial charge in [-0.1, -0.05) is 23.2 Å². The molecule has 0 saturated heterocycles.